The van der Waals surface area contributed by atoms with E-state index in [9.17, 15) is 4.79 Å². The highest BCUT2D eigenvalue weighted by Crippen LogP contribution is 2.28. The Morgan fingerprint density at radius 3 is 2.90 bits per heavy atom. The lowest BCUT2D eigenvalue weighted by Gasteiger charge is -2.25. The minimum atomic E-state index is -0.943. The lowest BCUT2D eigenvalue weighted by atomic mass is 9.85. The number of aromatic nitrogens is 3. The fraction of sp³-hybridized carbons (Fsp3) is 0.312. The van der Waals surface area contributed by atoms with Gasteiger partial charge in [0.05, 0.1) is 17.0 Å². The Balaban J connectivity index is 1.75. The summed E-state index contributed by atoms with van der Waals surface area (Å²) >= 11 is 0. The van der Waals surface area contributed by atoms with Gasteiger partial charge in [-0.15, -0.1) is 0 Å². The number of aromatic carboxylic acids is 1. The van der Waals surface area contributed by atoms with E-state index in [0.29, 0.717) is 5.69 Å². The lowest BCUT2D eigenvalue weighted by Crippen LogP contribution is -2.19. The Morgan fingerprint density at radius 2 is 2.19 bits per heavy atom. The van der Waals surface area contributed by atoms with Crippen LogP contribution in [0.4, 0.5) is 0 Å². The number of carbonyl (C=O) groups is 1. The molecule has 2 aromatic rings. The molecule has 3 rings (SSSR count). The Labute approximate surface area is 122 Å². The average Bonchev–Trinajstić information content (AvgIpc) is 2.88. The van der Waals surface area contributed by atoms with Gasteiger partial charge in [-0.3, -0.25) is 9.67 Å². The van der Waals surface area contributed by atoms with Crippen molar-refractivity contribution in [2.75, 3.05) is 0 Å². The van der Waals surface area contributed by atoms with E-state index < -0.39 is 5.97 Å². The fourth-order valence-corrected chi connectivity index (χ4v) is 2.40. The molecule has 2 heterocycles. The molecule has 1 aliphatic carbocycles. The second-order valence-corrected chi connectivity index (χ2v) is 5.34. The molecule has 1 N–H and O–H groups in total. The van der Waals surface area contributed by atoms with E-state index in [4.69, 9.17) is 5.11 Å². The molecule has 0 aliphatic heterocycles. The van der Waals surface area contributed by atoms with Gasteiger partial charge in [0.2, 0.25) is 0 Å². The van der Waals surface area contributed by atoms with Crippen LogP contribution < -0.4 is 0 Å². The molecule has 108 valence electrons. The second kappa shape index (κ2) is 5.91. The molecule has 0 unspecified atom stereocenters. The summed E-state index contributed by atoms with van der Waals surface area (Å²) in [6.45, 7) is 0.954. The molecule has 0 bridgehead atoms. The summed E-state index contributed by atoms with van der Waals surface area (Å²) in [6, 6.07) is 5.00. The Morgan fingerprint density at radius 1 is 1.33 bits per heavy atom. The third-order valence-electron chi connectivity index (χ3n) is 3.86. The third kappa shape index (κ3) is 3.18. The highest BCUT2D eigenvalue weighted by atomic mass is 16.4. The SMILES string of the molecule is O=C(O)c1ccnc(C=Cc2ccnn2CC2CCC2)c1. The topological polar surface area (TPSA) is 68.0 Å². The van der Waals surface area contributed by atoms with Gasteiger partial charge in [0, 0.05) is 18.9 Å². The normalized spacial score (nSPS) is 15.2. The van der Waals surface area contributed by atoms with Crippen LogP contribution in [0.5, 0.6) is 0 Å². The van der Waals surface area contributed by atoms with Crippen molar-refractivity contribution in [1.82, 2.24) is 14.8 Å². The third-order valence-corrected chi connectivity index (χ3v) is 3.86. The standard InChI is InChI=1S/C16H17N3O2/c20-16(21)13-6-8-17-14(10-13)4-5-15-7-9-18-19(15)11-12-2-1-3-12/h4-10,12H,1-3,11H2,(H,20,21). The number of carboxylic acids is 1. The number of pyridine rings is 1. The van der Waals surface area contributed by atoms with Crippen LogP contribution in [0.25, 0.3) is 12.2 Å². The van der Waals surface area contributed by atoms with Crippen LogP contribution in [0.1, 0.15) is 41.0 Å². The van der Waals surface area contributed by atoms with Crippen LogP contribution in [0.2, 0.25) is 0 Å². The van der Waals surface area contributed by atoms with Gasteiger partial charge < -0.3 is 5.11 Å². The Hall–Kier alpha value is -2.43. The molecule has 2 aromatic heterocycles. The van der Waals surface area contributed by atoms with E-state index in [1.807, 2.05) is 22.9 Å². The molecular weight excluding hydrogens is 266 g/mol. The van der Waals surface area contributed by atoms with Crippen molar-refractivity contribution in [2.24, 2.45) is 5.92 Å². The fourth-order valence-electron chi connectivity index (χ4n) is 2.40. The second-order valence-electron chi connectivity index (χ2n) is 5.34. The molecule has 1 saturated carbocycles. The molecule has 0 amide bonds. The monoisotopic (exact) mass is 283 g/mol. The largest absolute Gasteiger partial charge is 0.478 e. The van der Waals surface area contributed by atoms with E-state index in [1.54, 1.807) is 12.3 Å². The molecule has 21 heavy (non-hydrogen) atoms. The van der Waals surface area contributed by atoms with Crippen molar-refractivity contribution in [3.63, 3.8) is 0 Å². The molecule has 0 saturated heterocycles. The van der Waals surface area contributed by atoms with Gasteiger partial charge in [0.1, 0.15) is 0 Å². The van der Waals surface area contributed by atoms with Crippen molar-refractivity contribution in [1.29, 1.82) is 0 Å². The molecule has 5 nitrogen and oxygen atoms in total. The Kier molecular flexibility index (Phi) is 3.81. The number of hydrogen-bond donors (Lipinski definition) is 1. The van der Waals surface area contributed by atoms with Crippen LogP contribution >= 0.6 is 0 Å². The van der Waals surface area contributed by atoms with E-state index in [2.05, 4.69) is 10.1 Å². The molecule has 1 aliphatic rings. The van der Waals surface area contributed by atoms with Crippen molar-refractivity contribution in [2.45, 2.75) is 25.8 Å². The zero-order chi connectivity index (χ0) is 14.7. The first-order chi connectivity index (χ1) is 10.2. The predicted molar refractivity (Wildman–Crippen MR) is 79.7 cm³/mol. The van der Waals surface area contributed by atoms with Crippen LogP contribution in [-0.4, -0.2) is 25.8 Å². The van der Waals surface area contributed by atoms with Crippen molar-refractivity contribution in [3.8, 4) is 0 Å². The Bertz CT molecular complexity index is 672. The summed E-state index contributed by atoms with van der Waals surface area (Å²) in [6.07, 6.45) is 10.9. The summed E-state index contributed by atoms with van der Waals surface area (Å²) < 4.78 is 2.00. The highest BCUT2D eigenvalue weighted by Gasteiger charge is 2.18. The van der Waals surface area contributed by atoms with Crippen molar-refractivity contribution < 1.29 is 9.90 Å². The number of nitrogens with zero attached hydrogens (tertiary/aromatic N) is 3. The molecule has 0 aromatic carbocycles. The maximum atomic E-state index is 10.9. The van der Waals surface area contributed by atoms with Gasteiger partial charge >= 0.3 is 5.97 Å². The van der Waals surface area contributed by atoms with Gasteiger partial charge in [-0.25, -0.2) is 4.79 Å². The van der Waals surface area contributed by atoms with Gasteiger partial charge in [-0.2, -0.15) is 5.10 Å². The van der Waals surface area contributed by atoms with Crippen LogP contribution in [0.3, 0.4) is 0 Å². The maximum Gasteiger partial charge on any atom is 0.335 e. The summed E-state index contributed by atoms with van der Waals surface area (Å²) in [7, 11) is 0. The van der Waals surface area contributed by atoms with Crippen LogP contribution in [-0.2, 0) is 6.54 Å². The summed E-state index contributed by atoms with van der Waals surface area (Å²) in [4.78, 5) is 15.1. The van der Waals surface area contributed by atoms with Gasteiger partial charge in [0.15, 0.2) is 0 Å². The minimum absolute atomic E-state index is 0.243. The molecule has 0 spiro atoms. The van der Waals surface area contributed by atoms with E-state index in [-0.39, 0.29) is 5.56 Å². The van der Waals surface area contributed by atoms with E-state index in [0.717, 1.165) is 18.2 Å². The van der Waals surface area contributed by atoms with Crippen LogP contribution in [0.15, 0.2) is 30.6 Å². The van der Waals surface area contributed by atoms with Gasteiger partial charge in [0.25, 0.3) is 0 Å². The zero-order valence-corrected chi connectivity index (χ0v) is 11.6. The first-order valence-electron chi connectivity index (χ1n) is 7.11. The summed E-state index contributed by atoms with van der Waals surface area (Å²) in [5.74, 6) is -0.201. The first-order valence-corrected chi connectivity index (χ1v) is 7.11. The number of carboxylic acid groups (broad SMARTS) is 1. The predicted octanol–water partition coefficient (Wildman–Crippen LogP) is 2.95. The maximum absolute atomic E-state index is 10.9. The van der Waals surface area contributed by atoms with Crippen molar-refractivity contribution in [3.05, 3.63) is 47.5 Å². The number of hydrogen-bond acceptors (Lipinski definition) is 3. The molecule has 5 heteroatoms. The lowest BCUT2D eigenvalue weighted by molar-refractivity contribution is 0.0696. The van der Waals surface area contributed by atoms with Crippen LogP contribution in [0, 0.1) is 5.92 Å². The van der Waals surface area contributed by atoms with Crippen molar-refractivity contribution >= 4 is 18.1 Å². The smallest absolute Gasteiger partial charge is 0.335 e. The molecule has 0 radical (unpaired) electrons. The van der Waals surface area contributed by atoms with E-state index in [1.165, 1.54) is 31.5 Å². The quantitative estimate of drug-likeness (QED) is 0.916. The zero-order valence-electron chi connectivity index (χ0n) is 11.6. The summed E-state index contributed by atoms with van der Waals surface area (Å²) in [5, 5.41) is 13.3. The van der Waals surface area contributed by atoms with Gasteiger partial charge in [-0.1, -0.05) is 6.42 Å². The highest BCUT2D eigenvalue weighted by molar-refractivity contribution is 5.88. The minimum Gasteiger partial charge on any atom is -0.478 e. The van der Waals surface area contributed by atoms with E-state index >= 15 is 0 Å². The molecular formula is C16H17N3O2. The average molecular weight is 283 g/mol. The molecule has 0 atom stereocenters. The van der Waals surface area contributed by atoms with Gasteiger partial charge in [-0.05, 0) is 49.1 Å². The first kappa shape index (κ1) is 13.5. The molecule has 1 fully saturated rings. The summed E-state index contributed by atoms with van der Waals surface area (Å²) in [5.41, 5.74) is 1.89. The number of rotatable bonds is 5.